The van der Waals surface area contributed by atoms with Crippen molar-refractivity contribution in [2.75, 3.05) is 10.2 Å². The second kappa shape index (κ2) is 5.51. The Morgan fingerprint density at radius 1 is 1.21 bits per heavy atom. The van der Waals surface area contributed by atoms with Crippen molar-refractivity contribution in [3.8, 4) is 0 Å². The summed E-state index contributed by atoms with van der Waals surface area (Å²) in [6, 6.07) is 12.6. The van der Waals surface area contributed by atoms with Crippen LogP contribution in [0.3, 0.4) is 0 Å². The van der Waals surface area contributed by atoms with Gasteiger partial charge in [-0.25, -0.2) is 0 Å². The van der Waals surface area contributed by atoms with Crippen molar-refractivity contribution in [3.05, 3.63) is 57.5 Å². The van der Waals surface area contributed by atoms with Gasteiger partial charge in [-0.2, -0.15) is 0 Å². The highest BCUT2D eigenvalue weighted by Crippen LogP contribution is 2.56. The minimum Gasteiger partial charge on any atom is -0.323 e. The van der Waals surface area contributed by atoms with Gasteiger partial charge in [0.2, 0.25) is 10.8 Å². The van der Waals surface area contributed by atoms with Crippen LogP contribution in [-0.4, -0.2) is 17.1 Å². The number of halogens is 2. The van der Waals surface area contributed by atoms with Gasteiger partial charge in [0.25, 0.3) is 5.91 Å². The van der Waals surface area contributed by atoms with Gasteiger partial charge in [0.15, 0.2) is 0 Å². The molecule has 2 aromatic carbocycles. The Labute approximate surface area is 156 Å². The van der Waals surface area contributed by atoms with Crippen LogP contribution in [0.15, 0.2) is 46.9 Å². The van der Waals surface area contributed by atoms with E-state index >= 15 is 0 Å². The van der Waals surface area contributed by atoms with E-state index in [9.17, 15) is 9.59 Å². The second-order valence-corrected chi connectivity index (χ2v) is 8.58. The van der Waals surface area contributed by atoms with E-state index in [1.54, 1.807) is 29.2 Å². The lowest BCUT2D eigenvalue weighted by molar-refractivity contribution is -0.122. The molecule has 4 nitrogen and oxygen atoms in total. The SMILES string of the molecule is C[C@@H]1S[C@]2(C(=O)Nc3ccc(Br)cc32)N(c2ccc(Cl)cc2)C1=O. The molecule has 1 N–H and O–H groups in total. The third-order valence-corrected chi connectivity index (χ3v) is 6.45. The number of fused-ring (bicyclic) bond motifs is 2. The molecule has 24 heavy (non-hydrogen) atoms. The Morgan fingerprint density at radius 3 is 2.62 bits per heavy atom. The Balaban J connectivity index is 1.95. The minimum absolute atomic E-state index is 0.0923. The maximum absolute atomic E-state index is 12.9. The van der Waals surface area contributed by atoms with Crippen LogP contribution in [0.4, 0.5) is 11.4 Å². The van der Waals surface area contributed by atoms with E-state index in [1.165, 1.54) is 11.8 Å². The zero-order valence-electron chi connectivity index (χ0n) is 12.5. The minimum atomic E-state index is -1.09. The molecular weight excluding hydrogens is 412 g/mol. The van der Waals surface area contributed by atoms with Gasteiger partial charge < -0.3 is 5.32 Å². The van der Waals surface area contributed by atoms with E-state index in [4.69, 9.17) is 11.6 Å². The highest BCUT2D eigenvalue weighted by atomic mass is 79.9. The van der Waals surface area contributed by atoms with Gasteiger partial charge in [0, 0.05) is 26.4 Å². The van der Waals surface area contributed by atoms with Crippen LogP contribution in [0.5, 0.6) is 0 Å². The predicted molar refractivity (Wildman–Crippen MR) is 100 cm³/mol. The summed E-state index contributed by atoms with van der Waals surface area (Å²) < 4.78 is 0.862. The van der Waals surface area contributed by atoms with Gasteiger partial charge in [-0.3, -0.25) is 14.5 Å². The molecule has 0 radical (unpaired) electrons. The van der Waals surface area contributed by atoms with Gasteiger partial charge >= 0.3 is 0 Å². The Morgan fingerprint density at radius 2 is 1.92 bits per heavy atom. The molecule has 0 unspecified atom stereocenters. The molecule has 0 saturated carbocycles. The second-order valence-electron chi connectivity index (χ2n) is 5.70. The summed E-state index contributed by atoms with van der Waals surface area (Å²) in [6.45, 7) is 1.83. The highest BCUT2D eigenvalue weighted by Gasteiger charge is 2.60. The van der Waals surface area contributed by atoms with Gasteiger partial charge in [-0.05, 0) is 49.4 Å². The number of anilines is 2. The molecule has 4 rings (SSSR count). The first kappa shape index (κ1) is 16.0. The molecule has 2 aliphatic rings. The summed E-state index contributed by atoms with van der Waals surface area (Å²) in [7, 11) is 0. The molecule has 0 aliphatic carbocycles. The van der Waals surface area contributed by atoms with Crippen molar-refractivity contribution >= 4 is 62.5 Å². The zero-order valence-corrected chi connectivity index (χ0v) is 15.7. The summed E-state index contributed by atoms with van der Waals surface area (Å²) in [6.07, 6.45) is 0. The molecule has 2 heterocycles. The number of rotatable bonds is 1. The third kappa shape index (κ3) is 2.13. The normalized spacial score (nSPS) is 25.3. The first-order valence-corrected chi connectivity index (χ1v) is 9.37. The van der Waals surface area contributed by atoms with Gasteiger partial charge in [0.1, 0.15) is 0 Å². The maximum Gasteiger partial charge on any atom is 0.266 e. The van der Waals surface area contributed by atoms with Crippen LogP contribution in [0.25, 0.3) is 0 Å². The van der Waals surface area contributed by atoms with Crippen molar-refractivity contribution in [3.63, 3.8) is 0 Å². The van der Waals surface area contributed by atoms with Gasteiger partial charge in [0.05, 0.1) is 5.25 Å². The van der Waals surface area contributed by atoms with E-state index in [0.717, 1.165) is 15.7 Å². The Kier molecular flexibility index (Phi) is 3.67. The number of hydrogen-bond donors (Lipinski definition) is 1. The summed E-state index contributed by atoms with van der Waals surface area (Å²) >= 11 is 10.8. The number of hydrogen-bond acceptors (Lipinski definition) is 3. The monoisotopic (exact) mass is 422 g/mol. The molecule has 0 aromatic heterocycles. The molecule has 2 aliphatic heterocycles. The summed E-state index contributed by atoms with van der Waals surface area (Å²) in [4.78, 5) is 26.3. The van der Waals surface area contributed by atoms with Crippen molar-refractivity contribution in [2.24, 2.45) is 0 Å². The lowest BCUT2D eigenvalue weighted by Crippen LogP contribution is -2.47. The first-order valence-electron chi connectivity index (χ1n) is 7.32. The number of carbonyl (C=O) groups excluding carboxylic acids is 2. The fourth-order valence-corrected chi connectivity index (χ4v) is 5.13. The topological polar surface area (TPSA) is 49.4 Å². The van der Waals surface area contributed by atoms with Crippen LogP contribution in [0, 0.1) is 0 Å². The van der Waals surface area contributed by atoms with Crippen molar-refractivity contribution in [1.82, 2.24) is 0 Å². The Bertz CT molecular complexity index is 873. The van der Waals surface area contributed by atoms with Crippen LogP contribution >= 0.6 is 39.3 Å². The lowest BCUT2D eigenvalue weighted by atomic mass is 10.0. The van der Waals surface area contributed by atoms with E-state index in [0.29, 0.717) is 10.7 Å². The standard InChI is InChI=1S/C17H12BrClN2O2S/c1-9-15(22)21(12-5-3-11(19)4-6-12)17(24-9)13-8-10(18)2-7-14(13)20-16(17)23/h2-9H,1H3,(H,20,23)/t9-,17+/m0/s1. The lowest BCUT2D eigenvalue weighted by Gasteiger charge is -2.32. The summed E-state index contributed by atoms with van der Waals surface area (Å²) in [5.74, 6) is -0.293. The number of amides is 2. The van der Waals surface area contributed by atoms with E-state index in [2.05, 4.69) is 21.2 Å². The molecular formula is C17H12BrClN2O2S. The molecule has 122 valence electrons. The van der Waals surface area contributed by atoms with Crippen LogP contribution < -0.4 is 10.2 Å². The van der Waals surface area contributed by atoms with Crippen molar-refractivity contribution in [1.29, 1.82) is 0 Å². The quantitative estimate of drug-likeness (QED) is 0.741. The molecule has 1 spiro atoms. The highest BCUT2D eigenvalue weighted by molar-refractivity contribution is 9.10. The van der Waals surface area contributed by atoms with Gasteiger partial charge in [-0.1, -0.05) is 27.5 Å². The van der Waals surface area contributed by atoms with Crippen LogP contribution in [-0.2, 0) is 14.5 Å². The fourth-order valence-electron chi connectivity index (χ4n) is 3.17. The van der Waals surface area contributed by atoms with Crippen LogP contribution in [0.2, 0.25) is 5.02 Å². The zero-order chi connectivity index (χ0) is 17.1. The number of thioether (sulfide) groups is 1. The van der Waals surface area contributed by atoms with E-state index in [1.807, 2.05) is 25.1 Å². The number of benzene rings is 2. The number of nitrogens with zero attached hydrogens (tertiary/aromatic N) is 1. The molecule has 2 aromatic rings. The molecule has 2 amide bonds. The molecule has 0 bridgehead atoms. The van der Waals surface area contributed by atoms with Gasteiger partial charge in [-0.15, -0.1) is 11.8 Å². The molecule has 2 atom stereocenters. The van der Waals surface area contributed by atoms with E-state index in [-0.39, 0.29) is 17.1 Å². The van der Waals surface area contributed by atoms with E-state index < -0.39 is 4.87 Å². The number of nitrogens with one attached hydrogen (secondary N) is 1. The molecule has 1 fully saturated rings. The smallest absolute Gasteiger partial charge is 0.266 e. The molecule has 1 saturated heterocycles. The van der Waals surface area contributed by atoms with Crippen molar-refractivity contribution in [2.45, 2.75) is 17.0 Å². The summed E-state index contributed by atoms with van der Waals surface area (Å²) in [5, 5.41) is 3.17. The molecule has 7 heteroatoms. The average Bonchev–Trinajstić information content (AvgIpc) is 2.97. The maximum atomic E-state index is 12.9. The van der Waals surface area contributed by atoms with Crippen LogP contribution in [0.1, 0.15) is 12.5 Å². The largest absolute Gasteiger partial charge is 0.323 e. The third-order valence-electron chi connectivity index (χ3n) is 4.22. The fraction of sp³-hybridized carbons (Fsp3) is 0.176. The first-order chi connectivity index (χ1) is 11.4. The Hall–Kier alpha value is -1.50. The average molecular weight is 424 g/mol. The summed E-state index contributed by atoms with van der Waals surface area (Å²) in [5.41, 5.74) is 2.18. The van der Waals surface area contributed by atoms with Crippen molar-refractivity contribution < 1.29 is 9.59 Å². The predicted octanol–water partition coefficient (Wildman–Crippen LogP) is 4.38. The number of carbonyl (C=O) groups is 2.